The van der Waals surface area contributed by atoms with Crippen molar-refractivity contribution in [1.82, 2.24) is 25.0 Å². The Kier molecular flexibility index (Phi) is 4.68. The lowest BCUT2D eigenvalue weighted by Gasteiger charge is -2.09. The van der Waals surface area contributed by atoms with Gasteiger partial charge in [0.05, 0.1) is 18.4 Å². The number of furan rings is 1. The summed E-state index contributed by atoms with van der Waals surface area (Å²) < 4.78 is 7.46. The first kappa shape index (κ1) is 17.0. The standard InChI is InChI=1S/C19H14N6OS/c1-13-16(9-10-26-13)18-23-24-19(25(18)12-14-5-3-2-4-6-14)27-17-8-7-15(11-20)21-22-17/h2-10H,12H2,1H3. The summed E-state index contributed by atoms with van der Waals surface area (Å²) in [4.78, 5) is 0. The minimum absolute atomic E-state index is 0.278. The first-order chi connectivity index (χ1) is 13.2. The van der Waals surface area contributed by atoms with Gasteiger partial charge in [-0.05, 0) is 42.4 Å². The molecule has 0 bridgehead atoms. The number of nitrogens with zero attached hydrogens (tertiary/aromatic N) is 6. The van der Waals surface area contributed by atoms with E-state index in [-0.39, 0.29) is 5.69 Å². The van der Waals surface area contributed by atoms with Crippen molar-refractivity contribution in [3.05, 3.63) is 71.8 Å². The van der Waals surface area contributed by atoms with E-state index in [1.807, 2.05) is 41.8 Å². The zero-order valence-corrected chi connectivity index (χ0v) is 15.2. The number of benzene rings is 1. The van der Waals surface area contributed by atoms with E-state index in [4.69, 9.17) is 9.68 Å². The normalized spacial score (nSPS) is 10.7. The van der Waals surface area contributed by atoms with E-state index in [9.17, 15) is 0 Å². The second-order valence-corrected chi connectivity index (χ2v) is 6.73. The van der Waals surface area contributed by atoms with Gasteiger partial charge in [-0.1, -0.05) is 30.3 Å². The number of aryl methyl sites for hydroxylation is 1. The van der Waals surface area contributed by atoms with Gasteiger partial charge in [-0.3, -0.25) is 4.57 Å². The molecule has 0 aliphatic rings. The molecule has 7 nitrogen and oxygen atoms in total. The van der Waals surface area contributed by atoms with Gasteiger partial charge in [0.1, 0.15) is 16.9 Å². The number of nitriles is 1. The van der Waals surface area contributed by atoms with E-state index >= 15 is 0 Å². The van der Waals surface area contributed by atoms with Crippen LogP contribution in [0.5, 0.6) is 0 Å². The van der Waals surface area contributed by atoms with E-state index in [2.05, 4.69) is 32.5 Å². The summed E-state index contributed by atoms with van der Waals surface area (Å²) in [7, 11) is 0. The maximum absolute atomic E-state index is 8.87. The smallest absolute Gasteiger partial charge is 0.198 e. The van der Waals surface area contributed by atoms with Gasteiger partial charge in [-0.2, -0.15) is 5.26 Å². The summed E-state index contributed by atoms with van der Waals surface area (Å²) in [6, 6.07) is 17.3. The molecule has 0 saturated heterocycles. The SMILES string of the molecule is Cc1occc1-c1nnc(Sc2ccc(C#N)nn2)n1Cc1ccccc1. The Morgan fingerprint density at radius 1 is 1.04 bits per heavy atom. The summed E-state index contributed by atoms with van der Waals surface area (Å²) in [5.41, 5.74) is 2.31. The molecule has 27 heavy (non-hydrogen) atoms. The Bertz CT molecular complexity index is 1100. The van der Waals surface area contributed by atoms with E-state index in [1.54, 1.807) is 18.4 Å². The van der Waals surface area contributed by atoms with Crippen LogP contribution in [0.15, 0.2) is 69.4 Å². The average molecular weight is 374 g/mol. The molecule has 1 aromatic carbocycles. The molecule has 0 amide bonds. The lowest BCUT2D eigenvalue weighted by molar-refractivity contribution is 0.534. The highest BCUT2D eigenvalue weighted by Crippen LogP contribution is 2.30. The summed E-state index contributed by atoms with van der Waals surface area (Å²) >= 11 is 1.35. The first-order valence-electron chi connectivity index (χ1n) is 8.18. The molecule has 0 aliphatic carbocycles. The van der Waals surface area contributed by atoms with Gasteiger partial charge in [0.25, 0.3) is 0 Å². The minimum Gasteiger partial charge on any atom is -0.469 e. The van der Waals surface area contributed by atoms with Gasteiger partial charge < -0.3 is 4.42 Å². The van der Waals surface area contributed by atoms with Gasteiger partial charge in [0.2, 0.25) is 0 Å². The average Bonchev–Trinajstić information content (AvgIpc) is 3.29. The first-order valence-corrected chi connectivity index (χ1v) is 8.99. The van der Waals surface area contributed by atoms with Gasteiger partial charge in [0, 0.05) is 0 Å². The minimum atomic E-state index is 0.278. The Balaban J connectivity index is 1.73. The third-order valence-electron chi connectivity index (χ3n) is 3.95. The van der Waals surface area contributed by atoms with Crippen molar-refractivity contribution >= 4 is 11.8 Å². The molecule has 0 saturated carbocycles. The highest BCUT2D eigenvalue weighted by Gasteiger charge is 2.18. The number of aromatic nitrogens is 5. The largest absolute Gasteiger partial charge is 0.469 e. The molecule has 3 heterocycles. The van der Waals surface area contributed by atoms with E-state index in [0.717, 1.165) is 22.7 Å². The Hall–Kier alpha value is -3.44. The summed E-state index contributed by atoms with van der Waals surface area (Å²) in [5, 5.41) is 26.9. The fraction of sp³-hybridized carbons (Fsp3) is 0.105. The van der Waals surface area contributed by atoms with Crippen molar-refractivity contribution in [2.75, 3.05) is 0 Å². The number of hydrogen-bond donors (Lipinski definition) is 0. The van der Waals surface area contributed by atoms with Gasteiger partial charge >= 0.3 is 0 Å². The zero-order valence-electron chi connectivity index (χ0n) is 14.4. The Morgan fingerprint density at radius 2 is 1.89 bits per heavy atom. The van der Waals surface area contributed by atoms with Crippen molar-refractivity contribution < 1.29 is 4.42 Å². The van der Waals surface area contributed by atoms with Crippen LogP contribution in [0.25, 0.3) is 11.4 Å². The summed E-state index contributed by atoms with van der Waals surface area (Å²) in [6.07, 6.45) is 1.64. The van der Waals surface area contributed by atoms with Crippen molar-refractivity contribution in [2.45, 2.75) is 23.7 Å². The van der Waals surface area contributed by atoms with Gasteiger partial charge in [-0.25, -0.2) is 0 Å². The predicted molar refractivity (Wildman–Crippen MR) is 98.9 cm³/mol. The molecule has 0 fully saturated rings. The maximum Gasteiger partial charge on any atom is 0.198 e. The lowest BCUT2D eigenvalue weighted by atomic mass is 10.2. The molecule has 0 N–H and O–H groups in total. The predicted octanol–water partition coefficient (Wildman–Crippen LogP) is 3.71. The maximum atomic E-state index is 8.87. The monoisotopic (exact) mass is 374 g/mol. The lowest BCUT2D eigenvalue weighted by Crippen LogP contribution is -2.04. The van der Waals surface area contributed by atoms with Crippen LogP contribution in [-0.4, -0.2) is 25.0 Å². The van der Waals surface area contributed by atoms with Gasteiger partial charge in [0.15, 0.2) is 16.7 Å². The number of hydrogen-bond acceptors (Lipinski definition) is 7. The topological polar surface area (TPSA) is 93.4 Å². The van der Waals surface area contributed by atoms with E-state index < -0.39 is 0 Å². The van der Waals surface area contributed by atoms with Crippen LogP contribution in [0, 0.1) is 18.3 Å². The van der Waals surface area contributed by atoms with Crippen LogP contribution in [0.4, 0.5) is 0 Å². The molecule has 4 rings (SSSR count). The van der Waals surface area contributed by atoms with E-state index in [0.29, 0.717) is 16.7 Å². The van der Waals surface area contributed by atoms with Crippen LogP contribution in [0.3, 0.4) is 0 Å². The Morgan fingerprint density at radius 3 is 2.56 bits per heavy atom. The fourth-order valence-electron chi connectivity index (χ4n) is 2.62. The van der Waals surface area contributed by atoms with E-state index in [1.165, 1.54) is 11.8 Å². The molecular formula is C19H14N6OS. The second kappa shape index (κ2) is 7.43. The number of rotatable bonds is 5. The molecular weight excluding hydrogens is 360 g/mol. The molecule has 132 valence electrons. The van der Waals surface area contributed by atoms with Gasteiger partial charge in [-0.15, -0.1) is 20.4 Å². The van der Waals surface area contributed by atoms with Crippen molar-refractivity contribution in [3.8, 4) is 17.5 Å². The molecule has 0 radical (unpaired) electrons. The van der Waals surface area contributed by atoms with Crippen LogP contribution in [0.1, 0.15) is 17.0 Å². The molecule has 0 atom stereocenters. The quantitative estimate of drug-likeness (QED) is 0.525. The zero-order chi connectivity index (χ0) is 18.6. The highest BCUT2D eigenvalue weighted by atomic mass is 32.2. The second-order valence-electron chi connectivity index (χ2n) is 5.74. The molecule has 0 aliphatic heterocycles. The summed E-state index contributed by atoms with van der Waals surface area (Å²) in [5.74, 6) is 1.51. The van der Waals surface area contributed by atoms with Crippen molar-refractivity contribution in [1.29, 1.82) is 5.26 Å². The molecule has 0 spiro atoms. The fourth-order valence-corrected chi connectivity index (χ4v) is 3.36. The van der Waals surface area contributed by atoms with Crippen LogP contribution < -0.4 is 0 Å². The molecule has 0 unspecified atom stereocenters. The van der Waals surface area contributed by atoms with Crippen molar-refractivity contribution in [2.24, 2.45) is 0 Å². The summed E-state index contributed by atoms with van der Waals surface area (Å²) in [6.45, 7) is 2.51. The van der Waals surface area contributed by atoms with Crippen molar-refractivity contribution in [3.63, 3.8) is 0 Å². The third-order valence-corrected chi connectivity index (χ3v) is 4.86. The Labute approximate surface area is 159 Å². The molecule has 8 heteroatoms. The van der Waals surface area contributed by atoms with Crippen LogP contribution >= 0.6 is 11.8 Å². The highest BCUT2D eigenvalue weighted by molar-refractivity contribution is 7.99. The molecule has 4 aromatic rings. The third kappa shape index (κ3) is 3.59. The van der Waals surface area contributed by atoms with Crippen LogP contribution in [0.2, 0.25) is 0 Å². The molecule has 3 aromatic heterocycles. The van der Waals surface area contributed by atoms with Crippen LogP contribution in [-0.2, 0) is 6.54 Å².